The maximum Gasteiger partial charge on any atom is 0.251 e. The van der Waals surface area contributed by atoms with Gasteiger partial charge in [-0.15, -0.1) is 0 Å². The number of hydrogen-bond acceptors (Lipinski definition) is 5. The second-order valence-electron chi connectivity index (χ2n) is 3.97. The maximum absolute atomic E-state index is 8.67. The van der Waals surface area contributed by atoms with Crippen LogP contribution < -0.4 is 5.73 Å². The molecule has 2 rings (SSSR count). The van der Waals surface area contributed by atoms with Gasteiger partial charge in [-0.2, -0.15) is 5.10 Å². The summed E-state index contributed by atoms with van der Waals surface area (Å²) in [5.41, 5.74) is 7.89. The Morgan fingerprint density at radius 3 is 2.84 bits per heavy atom. The lowest BCUT2D eigenvalue weighted by molar-refractivity contribution is 0.318. The van der Waals surface area contributed by atoms with E-state index in [1.165, 1.54) is 0 Å². The topological polar surface area (TPSA) is 102 Å². The Hall–Kier alpha value is -2.44. The predicted molar refractivity (Wildman–Crippen MR) is 70.4 cm³/mol. The van der Waals surface area contributed by atoms with E-state index in [0.717, 1.165) is 24.2 Å². The van der Waals surface area contributed by atoms with E-state index in [2.05, 4.69) is 20.2 Å². The van der Waals surface area contributed by atoms with Crippen LogP contribution in [0, 0.1) is 0 Å². The lowest BCUT2D eigenvalue weighted by atomic mass is 10.3. The van der Waals surface area contributed by atoms with Crippen molar-refractivity contribution in [1.82, 2.24) is 19.7 Å². The molecule has 7 nitrogen and oxygen atoms in total. The maximum atomic E-state index is 8.67. The molecule has 0 amide bonds. The monoisotopic (exact) mass is 260 g/mol. The van der Waals surface area contributed by atoms with E-state index >= 15 is 0 Å². The molecule has 7 heteroatoms. The first kappa shape index (κ1) is 13.0. The van der Waals surface area contributed by atoms with Crippen molar-refractivity contribution in [2.24, 2.45) is 10.9 Å². The van der Waals surface area contributed by atoms with Crippen molar-refractivity contribution in [2.75, 3.05) is 0 Å². The summed E-state index contributed by atoms with van der Waals surface area (Å²) in [6, 6.07) is 3.61. The summed E-state index contributed by atoms with van der Waals surface area (Å²) in [4.78, 5) is 8.42. The molecular formula is C12H16N6O. The highest BCUT2D eigenvalue weighted by Gasteiger charge is 2.11. The number of rotatable bonds is 4. The van der Waals surface area contributed by atoms with Crippen LogP contribution in [0.4, 0.5) is 0 Å². The normalized spacial score (nSPS) is 11.8. The largest absolute Gasteiger partial charge is 0.409 e. The Bertz CT molecular complexity index is 604. The molecule has 0 radical (unpaired) electrons. The molecule has 0 aliphatic heterocycles. The number of aryl methyl sites for hydroxylation is 2. The average molecular weight is 260 g/mol. The Kier molecular flexibility index (Phi) is 3.74. The van der Waals surface area contributed by atoms with Gasteiger partial charge in [-0.05, 0) is 25.0 Å². The Morgan fingerprint density at radius 1 is 1.42 bits per heavy atom. The summed E-state index contributed by atoms with van der Waals surface area (Å²) in [5, 5.41) is 16.0. The molecule has 0 saturated carbocycles. The molecule has 2 aromatic heterocycles. The Labute approximate surface area is 110 Å². The van der Waals surface area contributed by atoms with Crippen molar-refractivity contribution in [1.29, 1.82) is 0 Å². The van der Waals surface area contributed by atoms with Crippen LogP contribution in [-0.4, -0.2) is 30.8 Å². The van der Waals surface area contributed by atoms with E-state index in [1.807, 2.05) is 19.9 Å². The molecular weight excluding hydrogens is 244 g/mol. The van der Waals surface area contributed by atoms with Crippen molar-refractivity contribution in [3.8, 4) is 5.95 Å². The van der Waals surface area contributed by atoms with Crippen LogP contribution in [0.5, 0.6) is 0 Å². The molecule has 100 valence electrons. The highest BCUT2D eigenvalue weighted by Crippen LogP contribution is 2.11. The molecule has 0 spiro atoms. The quantitative estimate of drug-likeness (QED) is 0.368. The average Bonchev–Trinajstić information content (AvgIpc) is 2.90. The van der Waals surface area contributed by atoms with Gasteiger partial charge in [-0.3, -0.25) is 0 Å². The minimum absolute atomic E-state index is 0.0513. The number of nitrogens with zero attached hydrogens (tertiary/aromatic N) is 5. The van der Waals surface area contributed by atoms with E-state index in [4.69, 9.17) is 10.9 Å². The number of oxime groups is 1. The minimum atomic E-state index is -0.0513. The van der Waals surface area contributed by atoms with Gasteiger partial charge in [0.25, 0.3) is 5.95 Å². The lowest BCUT2D eigenvalue weighted by Crippen LogP contribution is -2.17. The van der Waals surface area contributed by atoms with E-state index in [1.54, 1.807) is 16.9 Å². The third-order valence-corrected chi connectivity index (χ3v) is 2.76. The van der Waals surface area contributed by atoms with E-state index in [9.17, 15) is 0 Å². The Balaban J connectivity index is 2.49. The van der Waals surface area contributed by atoms with Gasteiger partial charge < -0.3 is 10.9 Å². The summed E-state index contributed by atoms with van der Waals surface area (Å²) in [6.07, 6.45) is 3.23. The van der Waals surface area contributed by atoms with Gasteiger partial charge in [0.15, 0.2) is 5.84 Å². The summed E-state index contributed by atoms with van der Waals surface area (Å²) in [6.45, 7) is 4.08. The third kappa shape index (κ3) is 2.54. The van der Waals surface area contributed by atoms with Crippen LogP contribution in [0.3, 0.4) is 0 Å². The van der Waals surface area contributed by atoms with Crippen molar-refractivity contribution in [3.05, 3.63) is 35.4 Å². The molecule has 19 heavy (non-hydrogen) atoms. The lowest BCUT2D eigenvalue weighted by Gasteiger charge is -2.05. The summed E-state index contributed by atoms with van der Waals surface area (Å²) in [7, 11) is 0. The Morgan fingerprint density at radius 2 is 2.21 bits per heavy atom. The number of nitrogens with two attached hydrogens (primary N) is 1. The van der Waals surface area contributed by atoms with Crippen LogP contribution in [0.2, 0.25) is 0 Å². The van der Waals surface area contributed by atoms with Crippen LogP contribution in [0.15, 0.2) is 23.5 Å². The molecule has 0 unspecified atom stereocenters. The van der Waals surface area contributed by atoms with Crippen molar-refractivity contribution in [2.45, 2.75) is 26.7 Å². The zero-order valence-corrected chi connectivity index (χ0v) is 10.9. The van der Waals surface area contributed by atoms with Gasteiger partial charge in [0.1, 0.15) is 5.69 Å². The molecule has 0 aliphatic carbocycles. The number of amidine groups is 1. The SMILES string of the molecule is CCc1cc(CC)n(-c2nccc(/C(N)=N/O)n2)n1. The van der Waals surface area contributed by atoms with Crippen molar-refractivity contribution in [3.63, 3.8) is 0 Å². The van der Waals surface area contributed by atoms with Gasteiger partial charge >= 0.3 is 0 Å². The molecule has 2 aromatic rings. The zero-order valence-electron chi connectivity index (χ0n) is 10.9. The van der Waals surface area contributed by atoms with Crippen LogP contribution in [0.25, 0.3) is 5.95 Å². The van der Waals surface area contributed by atoms with Gasteiger partial charge in [0.05, 0.1) is 5.69 Å². The fourth-order valence-electron chi connectivity index (χ4n) is 1.72. The molecule has 0 saturated heterocycles. The summed E-state index contributed by atoms with van der Waals surface area (Å²) < 4.78 is 1.69. The van der Waals surface area contributed by atoms with E-state index < -0.39 is 0 Å². The molecule has 0 atom stereocenters. The first-order valence-electron chi connectivity index (χ1n) is 6.08. The summed E-state index contributed by atoms with van der Waals surface area (Å²) in [5.74, 6) is 0.366. The third-order valence-electron chi connectivity index (χ3n) is 2.76. The zero-order chi connectivity index (χ0) is 13.8. The van der Waals surface area contributed by atoms with Crippen LogP contribution in [-0.2, 0) is 12.8 Å². The van der Waals surface area contributed by atoms with Gasteiger partial charge in [-0.25, -0.2) is 14.6 Å². The highest BCUT2D eigenvalue weighted by atomic mass is 16.4. The first-order valence-corrected chi connectivity index (χ1v) is 6.08. The van der Waals surface area contributed by atoms with Crippen LogP contribution in [0.1, 0.15) is 30.9 Å². The highest BCUT2D eigenvalue weighted by molar-refractivity contribution is 5.95. The second kappa shape index (κ2) is 5.47. The molecule has 0 bridgehead atoms. The van der Waals surface area contributed by atoms with Crippen molar-refractivity contribution < 1.29 is 5.21 Å². The smallest absolute Gasteiger partial charge is 0.251 e. The van der Waals surface area contributed by atoms with Crippen LogP contribution >= 0.6 is 0 Å². The fraction of sp³-hybridized carbons (Fsp3) is 0.333. The molecule has 2 heterocycles. The van der Waals surface area contributed by atoms with Gasteiger partial charge in [0, 0.05) is 11.9 Å². The molecule has 3 N–H and O–H groups in total. The predicted octanol–water partition coefficient (Wildman–Crippen LogP) is 0.882. The molecule has 0 aliphatic rings. The van der Waals surface area contributed by atoms with Gasteiger partial charge in [0.2, 0.25) is 0 Å². The standard InChI is InChI=1S/C12H16N6O/c1-3-8-7-9(4-2)18(16-8)12-14-6-5-10(15-12)11(13)17-19/h5-7,19H,3-4H2,1-2H3,(H2,13,17). The van der Waals surface area contributed by atoms with E-state index in [0.29, 0.717) is 11.6 Å². The van der Waals surface area contributed by atoms with Crippen molar-refractivity contribution >= 4 is 5.84 Å². The van der Waals surface area contributed by atoms with E-state index in [-0.39, 0.29) is 5.84 Å². The number of hydrogen-bond donors (Lipinski definition) is 2. The molecule has 0 aromatic carbocycles. The minimum Gasteiger partial charge on any atom is -0.409 e. The number of aromatic nitrogens is 4. The van der Waals surface area contributed by atoms with Gasteiger partial charge in [-0.1, -0.05) is 19.0 Å². The second-order valence-corrected chi connectivity index (χ2v) is 3.97. The first-order chi connectivity index (χ1) is 9.19. The fourth-order valence-corrected chi connectivity index (χ4v) is 1.72. The molecule has 0 fully saturated rings. The summed E-state index contributed by atoms with van der Waals surface area (Å²) >= 11 is 0.